The molecule has 8 heteroatoms. The van der Waals surface area contributed by atoms with Crippen molar-refractivity contribution >= 4 is 32.2 Å². The zero-order valence-corrected chi connectivity index (χ0v) is 9.97. The lowest BCUT2D eigenvalue weighted by molar-refractivity contribution is -0.0435. The van der Waals surface area contributed by atoms with Crippen LogP contribution >= 0.6 is 15.9 Å². The molecule has 16 heavy (non-hydrogen) atoms. The van der Waals surface area contributed by atoms with Gasteiger partial charge >= 0.3 is 15.5 Å². The number of sulfonamides is 1. The van der Waals surface area contributed by atoms with Gasteiger partial charge in [0.25, 0.3) is 0 Å². The minimum atomic E-state index is -5.46. The van der Waals surface area contributed by atoms with E-state index in [4.69, 9.17) is 0 Å². The predicted octanol–water partition coefficient (Wildman–Crippen LogP) is 2.72. The summed E-state index contributed by atoms with van der Waals surface area (Å²) < 4.78 is 60.0. The van der Waals surface area contributed by atoms with Crippen LogP contribution in [0, 0.1) is 0 Å². The Balaban J connectivity index is 3.04. The van der Waals surface area contributed by atoms with Crippen molar-refractivity contribution in [2.45, 2.75) is 5.51 Å². The van der Waals surface area contributed by atoms with Crippen molar-refractivity contribution in [3.63, 3.8) is 0 Å². The van der Waals surface area contributed by atoms with E-state index in [9.17, 15) is 21.6 Å². The van der Waals surface area contributed by atoms with Gasteiger partial charge in [0.1, 0.15) is 0 Å². The number of hydrogen-bond donors (Lipinski definition) is 0. The topological polar surface area (TPSA) is 46.5 Å². The number of rotatable bonds is 2. The largest absolute Gasteiger partial charge is 0.518 e. The summed E-state index contributed by atoms with van der Waals surface area (Å²) in [7, 11) is -5.46. The second-order valence-electron chi connectivity index (χ2n) is 2.68. The number of halogens is 4. The van der Waals surface area contributed by atoms with E-state index in [1.807, 2.05) is 0 Å². The molecule has 0 fully saturated rings. The zero-order chi connectivity index (χ0) is 12.4. The molecule has 0 heterocycles. The van der Waals surface area contributed by atoms with E-state index in [0.717, 1.165) is 0 Å². The SMILES string of the molecule is O=S(=O)(N=Cc1ccccc1Br)C(F)(F)F. The minimum Gasteiger partial charge on any atom is -0.195 e. The molecule has 0 atom stereocenters. The Hall–Kier alpha value is -0.890. The molecule has 0 aromatic heterocycles. The van der Waals surface area contributed by atoms with Crippen molar-refractivity contribution in [1.29, 1.82) is 0 Å². The van der Waals surface area contributed by atoms with E-state index in [1.54, 1.807) is 18.2 Å². The smallest absolute Gasteiger partial charge is 0.195 e. The van der Waals surface area contributed by atoms with Crippen molar-refractivity contribution < 1.29 is 21.6 Å². The maximum Gasteiger partial charge on any atom is 0.518 e. The Kier molecular flexibility index (Phi) is 3.74. The summed E-state index contributed by atoms with van der Waals surface area (Å²) in [6.07, 6.45) is 0.646. The number of nitrogens with zero attached hydrogens (tertiary/aromatic N) is 1. The molecule has 0 aliphatic heterocycles. The molecule has 0 N–H and O–H groups in total. The summed E-state index contributed by atoms with van der Waals surface area (Å²) in [6, 6.07) is 6.17. The van der Waals surface area contributed by atoms with Crippen molar-refractivity contribution in [3.05, 3.63) is 34.3 Å². The van der Waals surface area contributed by atoms with Gasteiger partial charge in [0.05, 0.1) is 0 Å². The number of alkyl halides is 3. The Morgan fingerprint density at radius 1 is 1.25 bits per heavy atom. The Bertz CT molecular complexity index is 510. The van der Waals surface area contributed by atoms with Gasteiger partial charge in [-0.15, -0.1) is 0 Å². The van der Waals surface area contributed by atoms with Crippen LogP contribution in [0.2, 0.25) is 0 Å². The lowest BCUT2D eigenvalue weighted by Gasteiger charge is -2.02. The third kappa shape index (κ3) is 3.05. The first-order valence-electron chi connectivity index (χ1n) is 3.85. The van der Waals surface area contributed by atoms with E-state index >= 15 is 0 Å². The first kappa shape index (κ1) is 13.2. The van der Waals surface area contributed by atoms with Gasteiger partial charge in [-0.2, -0.15) is 26.0 Å². The standard InChI is InChI=1S/C8H5BrF3NO2S/c9-7-4-2-1-3-6(7)5-13-16(14,15)8(10,11)12/h1-5H. The van der Waals surface area contributed by atoms with E-state index in [0.29, 0.717) is 10.7 Å². The van der Waals surface area contributed by atoms with Crippen LogP contribution in [0.5, 0.6) is 0 Å². The summed E-state index contributed by atoms with van der Waals surface area (Å²) >= 11 is 3.05. The summed E-state index contributed by atoms with van der Waals surface area (Å²) in [4.78, 5) is 0. The van der Waals surface area contributed by atoms with Crippen LogP contribution in [0.15, 0.2) is 33.1 Å². The first-order chi connectivity index (χ1) is 7.24. The summed E-state index contributed by atoms with van der Waals surface area (Å²) in [5.74, 6) is 0. The van der Waals surface area contributed by atoms with Crippen molar-refractivity contribution in [1.82, 2.24) is 0 Å². The van der Waals surface area contributed by atoms with Crippen LogP contribution in [0.25, 0.3) is 0 Å². The average molecular weight is 316 g/mol. The first-order valence-corrected chi connectivity index (χ1v) is 6.08. The zero-order valence-electron chi connectivity index (χ0n) is 7.57. The van der Waals surface area contributed by atoms with Gasteiger partial charge in [-0.3, -0.25) is 0 Å². The maximum atomic E-state index is 11.9. The quantitative estimate of drug-likeness (QED) is 0.788. The molecule has 0 amide bonds. The van der Waals surface area contributed by atoms with E-state index < -0.39 is 15.5 Å². The molecule has 0 saturated carbocycles. The molecule has 0 unspecified atom stereocenters. The van der Waals surface area contributed by atoms with E-state index in [1.165, 1.54) is 6.07 Å². The molecule has 0 spiro atoms. The summed E-state index contributed by atoms with van der Waals surface area (Å²) in [6.45, 7) is 0. The normalized spacial score (nSPS) is 13.2. The second-order valence-corrected chi connectivity index (χ2v) is 5.16. The fraction of sp³-hybridized carbons (Fsp3) is 0.125. The van der Waals surface area contributed by atoms with Crippen molar-refractivity contribution in [2.75, 3.05) is 0 Å². The third-order valence-corrected chi connectivity index (χ3v) is 3.22. The fourth-order valence-electron chi connectivity index (χ4n) is 0.766. The van der Waals surface area contributed by atoms with Crippen molar-refractivity contribution in [2.24, 2.45) is 4.40 Å². The summed E-state index contributed by atoms with van der Waals surface area (Å²) in [5, 5.41) is 0. The van der Waals surface area contributed by atoms with E-state index in [-0.39, 0.29) is 5.56 Å². The molecule has 0 aliphatic rings. The summed E-state index contributed by atoms with van der Waals surface area (Å²) in [5.41, 5.74) is -5.12. The highest BCUT2D eigenvalue weighted by Gasteiger charge is 2.45. The van der Waals surface area contributed by atoms with Gasteiger partial charge < -0.3 is 0 Å². The van der Waals surface area contributed by atoms with Crippen LogP contribution in [0.3, 0.4) is 0 Å². The van der Waals surface area contributed by atoms with E-state index in [2.05, 4.69) is 20.3 Å². The molecule has 0 radical (unpaired) electrons. The molecule has 3 nitrogen and oxygen atoms in total. The fourth-order valence-corrected chi connectivity index (χ4v) is 1.52. The highest BCUT2D eigenvalue weighted by atomic mass is 79.9. The molecular weight excluding hydrogens is 311 g/mol. The Morgan fingerprint density at radius 2 is 1.81 bits per heavy atom. The van der Waals surface area contributed by atoms with Crippen LogP contribution in [-0.4, -0.2) is 20.1 Å². The molecule has 0 aliphatic carbocycles. The Labute approximate surface area is 98.2 Å². The second kappa shape index (κ2) is 4.54. The van der Waals surface area contributed by atoms with Gasteiger partial charge in [-0.25, -0.2) is 0 Å². The number of hydrogen-bond acceptors (Lipinski definition) is 2. The molecule has 0 bridgehead atoms. The molecule has 0 saturated heterocycles. The molecular formula is C8H5BrF3NO2S. The minimum absolute atomic E-state index is 0.246. The molecule has 1 aromatic carbocycles. The van der Waals surface area contributed by atoms with Crippen LogP contribution < -0.4 is 0 Å². The van der Waals surface area contributed by atoms with Crippen LogP contribution in [0.1, 0.15) is 5.56 Å². The van der Waals surface area contributed by atoms with Crippen molar-refractivity contribution in [3.8, 4) is 0 Å². The molecule has 1 aromatic rings. The average Bonchev–Trinajstić information content (AvgIpc) is 2.15. The lowest BCUT2D eigenvalue weighted by atomic mass is 10.2. The molecule has 88 valence electrons. The Morgan fingerprint density at radius 3 is 2.31 bits per heavy atom. The van der Waals surface area contributed by atoms with Gasteiger partial charge in [0.15, 0.2) is 0 Å². The lowest BCUT2D eigenvalue weighted by Crippen LogP contribution is -2.20. The van der Waals surface area contributed by atoms with Gasteiger partial charge in [-0.05, 0) is 6.07 Å². The highest BCUT2D eigenvalue weighted by molar-refractivity contribution is 9.10. The van der Waals surface area contributed by atoms with Gasteiger partial charge in [-0.1, -0.05) is 34.1 Å². The highest BCUT2D eigenvalue weighted by Crippen LogP contribution is 2.24. The molecule has 1 rings (SSSR count). The third-order valence-electron chi connectivity index (χ3n) is 1.53. The monoisotopic (exact) mass is 315 g/mol. The van der Waals surface area contributed by atoms with Crippen LogP contribution in [-0.2, 0) is 10.0 Å². The van der Waals surface area contributed by atoms with Gasteiger partial charge in [0.2, 0.25) is 0 Å². The van der Waals surface area contributed by atoms with Crippen LogP contribution in [0.4, 0.5) is 13.2 Å². The maximum absolute atomic E-state index is 11.9. The number of benzene rings is 1. The predicted molar refractivity (Wildman–Crippen MR) is 56.7 cm³/mol. The van der Waals surface area contributed by atoms with Gasteiger partial charge in [0, 0.05) is 16.3 Å².